The largest absolute Gasteiger partial charge is 0.506 e. The van der Waals surface area contributed by atoms with Crippen LogP contribution in [0.15, 0.2) is 18.2 Å². The molecule has 1 rings (SSSR count). The maximum absolute atomic E-state index is 11.7. The second-order valence-electron chi connectivity index (χ2n) is 4.98. The Morgan fingerprint density at radius 1 is 1.24 bits per heavy atom. The van der Waals surface area contributed by atoms with E-state index in [1.165, 1.54) is 6.07 Å². The van der Waals surface area contributed by atoms with E-state index in [1.54, 1.807) is 32.9 Å². The topological polar surface area (TPSA) is 78.4 Å². The first-order valence-corrected chi connectivity index (χ1v) is 6.69. The summed E-state index contributed by atoms with van der Waals surface area (Å²) in [5, 5.41) is 9.54. The van der Waals surface area contributed by atoms with Gasteiger partial charge in [0.05, 0.1) is 5.69 Å². The van der Waals surface area contributed by atoms with Crippen molar-refractivity contribution in [3.63, 3.8) is 0 Å². The van der Waals surface area contributed by atoms with E-state index in [0.29, 0.717) is 0 Å². The van der Waals surface area contributed by atoms with Crippen molar-refractivity contribution in [2.75, 3.05) is 4.72 Å². The van der Waals surface area contributed by atoms with Crippen molar-refractivity contribution in [1.82, 2.24) is 4.72 Å². The molecule has 96 valence electrons. The van der Waals surface area contributed by atoms with Crippen molar-refractivity contribution in [3.8, 4) is 5.75 Å². The molecule has 1 aromatic rings. The Balaban J connectivity index is 2.94. The maximum Gasteiger partial charge on any atom is 0.299 e. The molecule has 0 spiro atoms. The lowest BCUT2D eigenvalue weighted by Crippen LogP contribution is -2.43. The summed E-state index contributed by atoms with van der Waals surface area (Å²) in [5.74, 6) is -0.102. The summed E-state index contributed by atoms with van der Waals surface area (Å²) < 4.78 is 28.2. The fourth-order valence-corrected chi connectivity index (χ4v) is 2.62. The van der Waals surface area contributed by atoms with Crippen LogP contribution in [0.3, 0.4) is 0 Å². The van der Waals surface area contributed by atoms with Gasteiger partial charge in [0, 0.05) is 5.54 Å². The third kappa shape index (κ3) is 4.62. The van der Waals surface area contributed by atoms with Crippen LogP contribution in [0, 0.1) is 6.92 Å². The van der Waals surface area contributed by atoms with Gasteiger partial charge >= 0.3 is 0 Å². The average molecular weight is 258 g/mol. The number of aromatic hydroxyl groups is 1. The van der Waals surface area contributed by atoms with Gasteiger partial charge in [0.15, 0.2) is 0 Å². The van der Waals surface area contributed by atoms with Gasteiger partial charge in [-0.2, -0.15) is 13.1 Å². The minimum atomic E-state index is -3.69. The second-order valence-corrected chi connectivity index (χ2v) is 6.39. The first-order chi connectivity index (χ1) is 7.59. The van der Waals surface area contributed by atoms with Crippen molar-refractivity contribution >= 4 is 15.9 Å². The molecular weight excluding hydrogens is 240 g/mol. The molecule has 0 aromatic heterocycles. The molecule has 0 amide bonds. The zero-order valence-electron chi connectivity index (χ0n) is 10.4. The molecule has 3 N–H and O–H groups in total. The quantitative estimate of drug-likeness (QED) is 0.723. The average Bonchev–Trinajstić information content (AvgIpc) is 2.06. The van der Waals surface area contributed by atoms with E-state index >= 15 is 0 Å². The number of rotatable bonds is 3. The minimum absolute atomic E-state index is 0.102. The highest BCUT2D eigenvalue weighted by atomic mass is 32.2. The van der Waals surface area contributed by atoms with Gasteiger partial charge in [-0.1, -0.05) is 6.07 Å². The molecule has 0 aliphatic heterocycles. The number of nitrogens with one attached hydrogen (secondary N) is 2. The zero-order valence-corrected chi connectivity index (χ0v) is 11.2. The van der Waals surface area contributed by atoms with Crippen LogP contribution >= 0.6 is 0 Å². The van der Waals surface area contributed by atoms with Crippen LogP contribution in [0.4, 0.5) is 5.69 Å². The lowest BCUT2D eigenvalue weighted by Gasteiger charge is -2.21. The molecule has 6 heteroatoms. The zero-order chi connectivity index (χ0) is 13.3. The second kappa shape index (κ2) is 4.54. The Bertz CT molecular complexity index is 504. The third-order valence-corrected chi connectivity index (χ3v) is 3.21. The van der Waals surface area contributed by atoms with E-state index in [1.807, 2.05) is 6.92 Å². The van der Waals surface area contributed by atoms with Crippen molar-refractivity contribution in [2.45, 2.75) is 33.2 Å². The normalized spacial score (nSPS) is 12.5. The summed E-state index contributed by atoms with van der Waals surface area (Å²) in [6, 6.07) is 4.71. The summed E-state index contributed by atoms with van der Waals surface area (Å²) in [7, 11) is -3.69. The van der Waals surface area contributed by atoms with Crippen LogP contribution in [0.2, 0.25) is 0 Å². The van der Waals surface area contributed by atoms with Crippen molar-refractivity contribution in [2.24, 2.45) is 0 Å². The Morgan fingerprint density at radius 2 is 1.82 bits per heavy atom. The van der Waals surface area contributed by atoms with E-state index in [9.17, 15) is 13.5 Å². The number of hydrogen-bond donors (Lipinski definition) is 3. The summed E-state index contributed by atoms with van der Waals surface area (Å²) in [6.45, 7) is 7.03. The smallest absolute Gasteiger partial charge is 0.299 e. The highest BCUT2D eigenvalue weighted by molar-refractivity contribution is 7.90. The molecule has 0 saturated carbocycles. The summed E-state index contributed by atoms with van der Waals surface area (Å²) in [4.78, 5) is 0. The molecule has 0 aliphatic rings. The first-order valence-electron chi connectivity index (χ1n) is 5.20. The standard InChI is InChI=1S/C11H18N2O3S/c1-8-5-6-10(14)9(7-8)12-17(15,16)13-11(2,3)4/h5-7,12-14H,1-4H3. The predicted octanol–water partition coefficient (Wildman–Crippen LogP) is 1.75. The number of anilines is 1. The lowest BCUT2D eigenvalue weighted by molar-refractivity contribution is 0.476. The summed E-state index contributed by atoms with van der Waals surface area (Å²) in [6.07, 6.45) is 0. The highest BCUT2D eigenvalue weighted by Gasteiger charge is 2.20. The van der Waals surface area contributed by atoms with Gasteiger partial charge in [0.1, 0.15) is 5.75 Å². The molecule has 0 saturated heterocycles. The van der Waals surface area contributed by atoms with Crippen LogP contribution in [0.1, 0.15) is 26.3 Å². The molecule has 0 atom stereocenters. The molecule has 17 heavy (non-hydrogen) atoms. The fraction of sp³-hybridized carbons (Fsp3) is 0.455. The summed E-state index contributed by atoms with van der Waals surface area (Å²) in [5.41, 5.74) is 0.448. The third-order valence-electron chi connectivity index (χ3n) is 1.84. The monoisotopic (exact) mass is 258 g/mol. The molecule has 0 fully saturated rings. The molecule has 0 unspecified atom stereocenters. The maximum atomic E-state index is 11.7. The van der Waals surface area contributed by atoms with Crippen LogP contribution in [-0.2, 0) is 10.2 Å². The number of hydrogen-bond acceptors (Lipinski definition) is 3. The Labute approximate surface area is 102 Å². The van der Waals surface area contributed by atoms with Gasteiger partial charge < -0.3 is 5.11 Å². The van der Waals surface area contributed by atoms with Crippen molar-refractivity contribution < 1.29 is 13.5 Å². The van der Waals surface area contributed by atoms with Gasteiger partial charge in [-0.3, -0.25) is 4.72 Å². The number of benzene rings is 1. The Kier molecular flexibility index (Phi) is 3.68. The molecule has 0 bridgehead atoms. The van der Waals surface area contributed by atoms with Gasteiger partial charge in [0.2, 0.25) is 0 Å². The van der Waals surface area contributed by atoms with Gasteiger partial charge in [-0.25, -0.2) is 0 Å². The van der Waals surface area contributed by atoms with Crippen LogP contribution in [-0.4, -0.2) is 19.1 Å². The Hall–Kier alpha value is -1.27. The first kappa shape index (κ1) is 13.8. The van der Waals surface area contributed by atoms with E-state index in [2.05, 4.69) is 9.44 Å². The number of phenolic OH excluding ortho intramolecular Hbond substituents is 1. The predicted molar refractivity (Wildman–Crippen MR) is 68.3 cm³/mol. The van der Waals surface area contributed by atoms with E-state index in [4.69, 9.17) is 0 Å². The SMILES string of the molecule is Cc1ccc(O)c(NS(=O)(=O)NC(C)(C)C)c1. The van der Waals surface area contributed by atoms with E-state index in [0.717, 1.165) is 5.56 Å². The number of phenols is 1. The molecule has 0 radical (unpaired) electrons. The Morgan fingerprint density at radius 3 is 2.35 bits per heavy atom. The van der Waals surface area contributed by atoms with Crippen LogP contribution in [0.5, 0.6) is 5.75 Å². The highest BCUT2D eigenvalue weighted by Crippen LogP contribution is 2.24. The summed E-state index contributed by atoms with van der Waals surface area (Å²) >= 11 is 0. The molecule has 0 heterocycles. The van der Waals surface area contributed by atoms with Gasteiger partial charge in [0.25, 0.3) is 10.2 Å². The molecule has 0 aliphatic carbocycles. The number of aryl methyl sites for hydroxylation is 1. The molecule has 1 aromatic carbocycles. The van der Waals surface area contributed by atoms with E-state index < -0.39 is 15.7 Å². The lowest BCUT2D eigenvalue weighted by atomic mass is 10.1. The fourth-order valence-electron chi connectivity index (χ4n) is 1.30. The molecular formula is C11H18N2O3S. The van der Waals surface area contributed by atoms with Gasteiger partial charge in [-0.15, -0.1) is 0 Å². The van der Waals surface area contributed by atoms with Crippen molar-refractivity contribution in [1.29, 1.82) is 0 Å². The van der Waals surface area contributed by atoms with E-state index in [-0.39, 0.29) is 11.4 Å². The van der Waals surface area contributed by atoms with Gasteiger partial charge in [-0.05, 0) is 45.4 Å². The van der Waals surface area contributed by atoms with Crippen molar-refractivity contribution in [3.05, 3.63) is 23.8 Å². The van der Waals surface area contributed by atoms with Crippen LogP contribution in [0.25, 0.3) is 0 Å². The minimum Gasteiger partial charge on any atom is -0.506 e. The van der Waals surface area contributed by atoms with Crippen LogP contribution < -0.4 is 9.44 Å². The molecule has 5 nitrogen and oxygen atoms in total.